The lowest BCUT2D eigenvalue weighted by Gasteiger charge is -2.41. The van der Waals surface area contributed by atoms with E-state index >= 15 is 0 Å². The van der Waals surface area contributed by atoms with Crippen LogP contribution in [0.15, 0.2) is 73.3 Å². The van der Waals surface area contributed by atoms with Crippen LogP contribution < -0.4 is 0 Å². The molecule has 0 aliphatic carbocycles. The first-order chi connectivity index (χ1) is 14.1. The summed E-state index contributed by atoms with van der Waals surface area (Å²) in [7, 11) is 0. The number of carbonyl (C=O) groups is 3. The molecule has 1 atom stereocenters. The molecule has 1 aliphatic heterocycles. The van der Waals surface area contributed by atoms with Crippen molar-refractivity contribution in [3.05, 3.63) is 84.4 Å². The van der Waals surface area contributed by atoms with E-state index in [1.807, 2.05) is 36.4 Å². The Kier molecular flexibility index (Phi) is 6.63. The molecular weight excluding hydrogens is 372 g/mol. The summed E-state index contributed by atoms with van der Waals surface area (Å²) >= 11 is 0. The lowest BCUT2D eigenvalue weighted by atomic mass is 10.1. The number of rotatable bonds is 7. The van der Waals surface area contributed by atoms with Crippen LogP contribution in [-0.2, 0) is 27.5 Å². The second-order valence-corrected chi connectivity index (χ2v) is 6.50. The van der Waals surface area contributed by atoms with Crippen molar-refractivity contribution in [3.8, 4) is 0 Å². The van der Waals surface area contributed by atoms with Crippen molar-refractivity contribution >= 4 is 18.1 Å². The van der Waals surface area contributed by atoms with Gasteiger partial charge < -0.3 is 14.4 Å². The van der Waals surface area contributed by atoms with Crippen LogP contribution in [0.5, 0.6) is 0 Å². The van der Waals surface area contributed by atoms with E-state index in [-0.39, 0.29) is 25.7 Å². The van der Waals surface area contributed by atoms with E-state index < -0.39 is 18.2 Å². The predicted octanol–water partition coefficient (Wildman–Crippen LogP) is 3.36. The fourth-order valence-corrected chi connectivity index (χ4v) is 2.89. The lowest BCUT2D eigenvalue weighted by Crippen LogP contribution is -2.66. The van der Waals surface area contributed by atoms with Crippen LogP contribution in [0.25, 0.3) is 0 Å². The lowest BCUT2D eigenvalue weighted by molar-refractivity contribution is -0.147. The fourth-order valence-electron chi connectivity index (χ4n) is 2.89. The summed E-state index contributed by atoms with van der Waals surface area (Å²) in [5.41, 5.74) is 1.54. The van der Waals surface area contributed by atoms with E-state index in [1.54, 1.807) is 30.3 Å². The molecule has 0 bridgehead atoms. The van der Waals surface area contributed by atoms with Gasteiger partial charge in [0.05, 0.1) is 6.54 Å². The summed E-state index contributed by atoms with van der Waals surface area (Å²) in [5.74, 6) is -0.349. The second kappa shape index (κ2) is 9.54. The number of hydrogen-bond acceptors (Lipinski definition) is 5. The third-order valence-electron chi connectivity index (χ3n) is 4.45. The van der Waals surface area contributed by atoms with Crippen LogP contribution in [0.3, 0.4) is 0 Å². The molecule has 1 heterocycles. The Morgan fingerprint density at radius 2 is 1.45 bits per heavy atom. The third-order valence-corrected chi connectivity index (χ3v) is 4.45. The van der Waals surface area contributed by atoms with Crippen molar-refractivity contribution < 1.29 is 23.9 Å². The van der Waals surface area contributed by atoms with Gasteiger partial charge in [-0.15, -0.1) is 6.58 Å². The monoisotopic (exact) mass is 394 g/mol. The average Bonchev–Trinajstić information content (AvgIpc) is 2.76. The maximum atomic E-state index is 12.6. The maximum Gasteiger partial charge on any atom is 0.420 e. The molecule has 1 unspecified atom stereocenters. The van der Waals surface area contributed by atoms with Gasteiger partial charge in [0.15, 0.2) is 0 Å². The summed E-state index contributed by atoms with van der Waals surface area (Å²) in [6, 6.07) is 17.2. The first-order valence-corrected chi connectivity index (χ1v) is 9.20. The minimum atomic E-state index is -0.943. The zero-order valence-corrected chi connectivity index (χ0v) is 15.9. The van der Waals surface area contributed by atoms with E-state index in [2.05, 4.69) is 6.58 Å². The molecular formula is C22H22N2O5. The molecule has 2 aromatic carbocycles. The Bertz CT molecular complexity index is 814. The highest BCUT2D eigenvalue weighted by atomic mass is 16.6. The van der Waals surface area contributed by atoms with Crippen molar-refractivity contribution in [1.82, 2.24) is 9.80 Å². The summed E-state index contributed by atoms with van der Waals surface area (Å²) in [5, 5.41) is 0. The molecule has 3 amide bonds. The molecule has 1 aliphatic rings. The molecule has 7 heteroatoms. The Hall–Kier alpha value is -3.61. The Morgan fingerprint density at radius 1 is 0.966 bits per heavy atom. The number of likely N-dealkylation sites (tertiary alicyclic amines) is 1. The molecule has 0 N–H and O–H groups in total. The van der Waals surface area contributed by atoms with Gasteiger partial charge in [-0.2, -0.15) is 4.90 Å². The number of amides is 3. The largest absolute Gasteiger partial charge is 0.444 e. The van der Waals surface area contributed by atoms with Crippen molar-refractivity contribution in [2.75, 3.05) is 13.1 Å². The van der Waals surface area contributed by atoms with E-state index in [0.29, 0.717) is 6.54 Å². The molecule has 0 saturated carbocycles. The van der Waals surface area contributed by atoms with Crippen LogP contribution in [0.2, 0.25) is 0 Å². The van der Waals surface area contributed by atoms with Crippen LogP contribution in [-0.4, -0.2) is 47.0 Å². The smallest absolute Gasteiger partial charge is 0.420 e. The molecule has 2 aromatic rings. The normalized spacial score (nSPS) is 15.2. The van der Waals surface area contributed by atoms with E-state index in [0.717, 1.165) is 16.0 Å². The first kappa shape index (κ1) is 20.1. The maximum absolute atomic E-state index is 12.6. The number of imide groups is 1. The highest BCUT2D eigenvalue weighted by Crippen LogP contribution is 2.20. The summed E-state index contributed by atoms with van der Waals surface area (Å²) in [6.07, 6.45) is -0.244. The van der Waals surface area contributed by atoms with Crippen LogP contribution in [0.1, 0.15) is 11.1 Å². The number of carbonyl (C=O) groups excluding carboxylic acids is 3. The van der Waals surface area contributed by atoms with Gasteiger partial charge in [0.25, 0.3) is 0 Å². The average molecular weight is 394 g/mol. The molecule has 3 rings (SSSR count). The van der Waals surface area contributed by atoms with Gasteiger partial charge in [0.2, 0.25) is 5.91 Å². The zero-order chi connectivity index (χ0) is 20.6. The number of ether oxygens (including phenoxy) is 2. The first-order valence-electron chi connectivity index (χ1n) is 9.20. The van der Waals surface area contributed by atoms with Crippen LogP contribution >= 0.6 is 0 Å². The van der Waals surface area contributed by atoms with Crippen molar-refractivity contribution in [1.29, 1.82) is 0 Å². The fraction of sp³-hybridized carbons (Fsp3) is 0.227. The number of nitrogens with zero attached hydrogens (tertiary/aromatic N) is 2. The van der Waals surface area contributed by atoms with Gasteiger partial charge in [-0.3, -0.25) is 4.79 Å². The molecule has 1 fully saturated rings. The summed E-state index contributed by atoms with van der Waals surface area (Å²) in [6.45, 7) is 4.13. The summed E-state index contributed by atoms with van der Waals surface area (Å²) < 4.78 is 10.5. The van der Waals surface area contributed by atoms with Crippen molar-refractivity contribution in [2.45, 2.75) is 19.3 Å². The molecule has 29 heavy (non-hydrogen) atoms. The molecule has 0 spiro atoms. The Balaban J connectivity index is 1.67. The zero-order valence-electron chi connectivity index (χ0n) is 15.9. The van der Waals surface area contributed by atoms with Gasteiger partial charge in [-0.05, 0) is 11.1 Å². The topological polar surface area (TPSA) is 76.2 Å². The second-order valence-electron chi connectivity index (χ2n) is 6.50. The predicted molar refractivity (Wildman–Crippen MR) is 106 cm³/mol. The Morgan fingerprint density at radius 3 is 1.86 bits per heavy atom. The van der Waals surface area contributed by atoms with Crippen molar-refractivity contribution in [3.63, 3.8) is 0 Å². The molecule has 0 aromatic heterocycles. The van der Waals surface area contributed by atoms with E-state index in [1.165, 1.54) is 4.90 Å². The number of hydrogen-bond donors (Lipinski definition) is 0. The highest BCUT2D eigenvalue weighted by molar-refractivity contribution is 5.98. The van der Waals surface area contributed by atoms with Gasteiger partial charge >= 0.3 is 12.2 Å². The molecule has 7 nitrogen and oxygen atoms in total. The van der Waals surface area contributed by atoms with Crippen LogP contribution in [0.4, 0.5) is 9.59 Å². The highest BCUT2D eigenvalue weighted by Gasteiger charge is 2.46. The van der Waals surface area contributed by atoms with Gasteiger partial charge in [-0.1, -0.05) is 66.7 Å². The van der Waals surface area contributed by atoms with Gasteiger partial charge in [0.1, 0.15) is 19.3 Å². The summed E-state index contributed by atoms with van der Waals surface area (Å²) in [4.78, 5) is 39.9. The standard InChI is InChI=1S/C22H22N2O5/c1-2-13-23-14-19(20(23)25)24(21(26)28-15-17-9-5-3-6-10-17)22(27)29-16-18-11-7-4-8-12-18/h2-12,19H,1,13-16H2. The molecule has 1 saturated heterocycles. The third kappa shape index (κ3) is 5.01. The Labute approximate surface area is 169 Å². The van der Waals surface area contributed by atoms with Gasteiger partial charge in [-0.25, -0.2) is 9.59 Å². The van der Waals surface area contributed by atoms with Crippen molar-refractivity contribution in [2.24, 2.45) is 0 Å². The number of benzene rings is 2. The minimum absolute atomic E-state index is 0.0145. The van der Waals surface area contributed by atoms with Gasteiger partial charge in [0, 0.05) is 6.54 Å². The SMILES string of the molecule is C=CCN1CC(N(C(=O)OCc2ccccc2)C(=O)OCc2ccccc2)C1=O. The van der Waals surface area contributed by atoms with E-state index in [9.17, 15) is 14.4 Å². The van der Waals surface area contributed by atoms with E-state index in [4.69, 9.17) is 9.47 Å². The van der Waals surface area contributed by atoms with Crippen LogP contribution in [0, 0.1) is 0 Å². The molecule has 150 valence electrons. The molecule has 0 radical (unpaired) electrons. The minimum Gasteiger partial charge on any atom is -0.444 e. The number of β-lactam (4-membered cyclic amide) rings is 1. The quantitative estimate of drug-likeness (QED) is 0.532.